The van der Waals surface area contributed by atoms with Crippen LogP contribution in [0.2, 0.25) is 0 Å². The molecular weight excluding hydrogens is 259 g/mol. The molecular formula is C15H15FN2O2. The van der Waals surface area contributed by atoms with Gasteiger partial charge in [0.05, 0.1) is 5.56 Å². The van der Waals surface area contributed by atoms with E-state index < -0.39 is 5.97 Å². The van der Waals surface area contributed by atoms with Crippen molar-refractivity contribution in [2.45, 2.75) is 20.3 Å². The highest BCUT2D eigenvalue weighted by Crippen LogP contribution is 2.21. The third kappa shape index (κ3) is 3.12. The second-order valence-corrected chi connectivity index (χ2v) is 4.48. The molecule has 0 radical (unpaired) electrons. The normalized spacial score (nSPS) is 10.3. The number of aryl methyl sites for hydroxylation is 2. The number of benzene rings is 1. The average molecular weight is 274 g/mol. The lowest BCUT2D eigenvalue weighted by molar-refractivity contribution is 0.0696. The number of nitrogens with one attached hydrogen (secondary N) is 1. The third-order valence-corrected chi connectivity index (χ3v) is 2.94. The number of halogens is 1. The van der Waals surface area contributed by atoms with Crippen LogP contribution in [0.1, 0.15) is 28.5 Å². The van der Waals surface area contributed by atoms with Crippen LogP contribution >= 0.6 is 0 Å². The van der Waals surface area contributed by atoms with E-state index in [1.807, 2.05) is 6.92 Å². The van der Waals surface area contributed by atoms with E-state index in [9.17, 15) is 9.18 Å². The Hall–Kier alpha value is -2.43. The van der Waals surface area contributed by atoms with E-state index in [1.54, 1.807) is 19.1 Å². The van der Waals surface area contributed by atoms with Crippen LogP contribution in [0, 0.1) is 12.7 Å². The fourth-order valence-electron chi connectivity index (χ4n) is 1.86. The first-order valence-electron chi connectivity index (χ1n) is 6.27. The van der Waals surface area contributed by atoms with Crippen LogP contribution in [-0.4, -0.2) is 16.1 Å². The number of rotatable bonds is 4. The minimum absolute atomic E-state index is 0.180. The highest BCUT2D eigenvalue weighted by atomic mass is 19.1. The van der Waals surface area contributed by atoms with E-state index >= 15 is 0 Å². The van der Waals surface area contributed by atoms with Gasteiger partial charge in [0.25, 0.3) is 0 Å². The van der Waals surface area contributed by atoms with Crippen LogP contribution in [-0.2, 0) is 6.42 Å². The summed E-state index contributed by atoms with van der Waals surface area (Å²) in [5, 5.41) is 12.1. The number of hydrogen-bond acceptors (Lipinski definition) is 3. The molecule has 1 aromatic heterocycles. The average Bonchev–Trinajstić information content (AvgIpc) is 2.41. The lowest BCUT2D eigenvalue weighted by Gasteiger charge is -2.11. The summed E-state index contributed by atoms with van der Waals surface area (Å²) in [5.41, 5.74) is 2.29. The Morgan fingerprint density at radius 3 is 2.70 bits per heavy atom. The molecule has 0 amide bonds. The summed E-state index contributed by atoms with van der Waals surface area (Å²) in [6.45, 7) is 3.67. The van der Waals surface area contributed by atoms with Gasteiger partial charge in [-0.15, -0.1) is 0 Å². The number of nitrogens with zero attached hydrogens (tertiary/aromatic N) is 1. The molecule has 0 saturated carbocycles. The van der Waals surface area contributed by atoms with Gasteiger partial charge in [-0.3, -0.25) is 0 Å². The zero-order chi connectivity index (χ0) is 14.7. The molecule has 2 rings (SSSR count). The molecule has 104 valence electrons. The van der Waals surface area contributed by atoms with Crippen LogP contribution in [0.25, 0.3) is 0 Å². The van der Waals surface area contributed by atoms with Crippen molar-refractivity contribution in [1.82, 2.24) is 4.98 Å². The molecule has 4 nitrogen and oxygen atoms in total. The number of hydrogen-bond donors (Lipinski definition) is 2. The summed E-state index contributed by atoms with van der Waals surface area (Å²) in [4.78, 5) is 15.4. The van der Waals surface area contributed by atoms with E-state index in [0.29, 0.717) is 23.6 Å². The minimum atomic E-state index is -0.999. The highest BCUT2D eigenvalue weighted by Gasteiger charge is 2.09. The van der Waals surface area contributed by atoms with E-state index in [2.05, 4.69) is 10.3 Å². The second kappa shape index (κ2) is 5.69. The van der Waals surface area contributed by atoms with Gasteiger partial charge in [0.15, 0.2) is 0 Å². The third-order valence-electron chi connectivity index (χ3n) is 2.94. The molecule has 0 atom stereocenters. The largest absolute Gasteiger partial charge is 0.478 e. The van der Waals surface area contributed by atoms with Gasteiger partial charge in [0.2, 0.25) is 0 Å². The van der Waals surface area contributed by atoms with Crippen molar-refractivity contribution in [3.63, 3.8) is 0 Å². The van der Waals surface area contributed by atoms with Crippen molar-refractivity contribution in [3.8, 4) is 0 Å². The van der Waals surface area contributed by atoms with Crippen molar-refractivity contribution < 1.29 is 14.3 Å². The number of carboxylic acids is 1. The number of carboxylic acid groups (broad SMARTS) is 1. The second-order valence-electron chi connectivity index (χ2n) is 4.48. The Morgan fingerprint density at radius 2 is 2.10 bits per heavy atom. The molecule has 0 unspecified atom stereocenters. The lowest BCUT2D eigenvalue weighted by atomic mass is 10.1. The Balaban J connectivity index is 2.37. The molecule has 1 aromatic carbocycles. The monoisotopic (exact) mass is 274 g/mol. The number of anilines is 2. The molecule has 2 aromatic rings. The van der Waals surface area contributed by atoms with E-state index in [-0.39, 0.29) is 11.4 Å². The first-order valence-corrected chi connectivity index (χ1v) is 6.27. The fraction of sp³-hybridized carbons (Fsp3) is 0.200. The first-order chi connectivity index (χ1) is 9.49. The maximum atomic E-state index is 13.1. The summed E-state index contributed by atoms with van der Waals surface area (Å²) in [5.74, 6) is -0.869. The number of aromatic carboxylic acids is 1. The molecule has 2 N–H and O–H groups in total. The molecule has 0 bridgehead atoms. The minimum Gasteiger partial charge on any atom is -0.478 e. The Labute approximate surface area is 116 Å². The lowest BCUT2D eigenvalue weighted by Crippen LogP contribution is -2.04. The highest BCUT2D eigenvalue weighted by molar-refractivity contribution is 5.88. The maximum Gasteiger partial charge on any atom is 0.335 e. The van der Waals surface area contributed by atoms with Gasteiger partial charge in [-0.1, -0.05) is 6.92 Å². The Kier molecular flexibility index (Phi) is 3.98. The molecule has 5 heteroatoms. The zero-order valence-corrected chi connectivity index (χ0v) is 11.3. The summed E-state index contributed by atoms with van der Waals surface area (Å²) in [6, 6.07) is 7.36. The number of aromatic nitrogens is 1. The fourth-order valence-corrected chi connectivity index (χ4v) is 1.86. The van der Waals surface area contributed by atoms with Crippen molar-refractivity contribution in [2.24, 2.45) is 0 Å². The van der Waals surface area contributed by atoms with Gasteiger partial charge in [0, 0.05) is 11.4 Å². The summed E-state index contributed by atoms with van der Waals surface area (Å²) < 4.78 is 13.1. The summed E-state index contributed by atoms with van der Waals surface area (Å²) >= 11 is 0. The van der Waals surface area contributed by atoms with Crippen LogP contribution in [0.4, 0.5) is 15.9 Å². The van der Waals surface area contributed by atoms with Crippen LogP contribution in [0.3, 0.4) is 0 Å². The van der Waals surface area contributed by atoms with E-state index in [0.717, 1.165) is 5.56 Å². The van der Waals surface area contributed by atoms with Gasteiger partial charge >= 0.3 is 5.97 Å². The molecule has 1 heterocycles. The molecule has 20 heavy (non-hydrogen) atoms. The van der Waals surface area contributed by atoms with Gasteiger partial charge in [-0.05, 0) is 49.2 Å². The number of pyridine rings is 1. The topological polar surface area (TPSA) is 62.2 Å². The van der Waals surface area contributed by atoms with Gasteiger partial charge in [0.1, 0.15) is 11.6 Å². The van der Waals surface area contributed by atoms with Gasteiger partial charge in [-0.25, -0.2) is 14.2 Å². The first kappa shape index (κ1) is 14.0. The quantitative estimate of drug-likeness (QED) is 0.895. The zero-order valence-electron chi connectivity index (χ0n) is 11.3. The van der Waals surface area contributed by atoms with Crippen molar-refractivity contribution in [3.05, 3.63) is 53.0 Å². The van der Waals surface area contributed by atoms with Gasteiger partial charge < -0.3 is 10.4 Å². The maximum absolute atomic E-state index is 13.1. The van der Waals surface area contributed by atoms with Crippen molar-refractivity contribution in [1.29, 1.82) is 0 Å². The standard InChI is InChI=1S/C15H15FN2O2/c1-3-12-7-10(15(19)20)8-14(17-12)18-13-5-4-11(16)6-9(13)2/h4-8H,3H2,1-2H3,(H,17,18)(H,19,20). The molecule has 0 spiro atoms. The molecule has 0 aliphatic heterocycles. The summed E-state index contributed by atoms with van der Waals surface area (Å²) in [6.07, 6.45) is 0.637. The molecule has 0 aliphatic rings. The van der Waals surface area contributed by atoms with Crippen LogP contribution < -0.4 is 5.32 Å². The molecule has 0 fully saturated rings. The van der Waals surface area contributed by atoms with E-state index in [1.165, 1.54) is 18.2 Å². The van der Waals surface area contributed by atoms with E-state index in [4.69, 9.17) is 5.11 Å². The smallest absolute Gasteiger partial charge is 0.335 e. The molecule has 0 saturated heterocycles. The van der Waals surface area contributed by atoms with Crippen molar-refractivity contribution >= 4 is 17.5 Å². The SMILES string of the molecule is CCc1cc(C(=O)O)cc(Nc2ccc(F)cc2C)n1. The Morgan fingerprint density at radius 1 is 1.35 bits per heavy atom. The Bertz CT molecular complexity index is 656. The predicted molar refractivity (Wildman–Crippen MR) is 75.0 cm³/mol. The van der Waals surface area contributed by atoms with Crippen LogP contribution in [0.15, 0.2) is 30.3 Å². The molecule has 0 aliphatic carbocycles. The summed E-state index contributed by atoms with van der Waals surface area (Å²) in [7, 11) is 0. The van der Waals surface area contributed by atoms with Crippen LogP contribution in [0.5, 0.6) is 0 Å². The van der Waals surface area contributed by atoms with Crippen molar-refractivity contribution in [2.75, 3.05) is 5.32 Å². The predicted octanol–water partition coefficient (Wildman–Crippen LogP) is 3.53. The van der Waals surface area contributed by atoms with Gasteiger partial charge in [-0.2, -0.15) is 0 Å². The number of carbonyl (C=O) groups is 1.